The molecule has 2 unspecified atom stereocenters. The molecule has 1 aromatic carbocycles. The predicted molar refractivity (Wildman–Crippen MR) is 121 cm³/mol. The number of benzene rings is 1. The molecule has 0 saturated carbocycles. The maximum Gasteiger partial charge on any atom is 0.408 e. The fourth-order valence-corrected chi connectivity index (χ4v) is 3.47. The summed E-state index contributed by atoms with van der Waals surface area (Å²) in [4.78, 5) is 52.4. The van der Waals surface area contributed by atoms with Crippen molar-refractivity contribution >= 4 is 30.0 Å². The van der Waals surface area contributed by atoms with Crippen LogP contribution in [-0.2, 0) is 28.6 Å². The number of rotatable bonds is 7. The molecule has 1 aliphatic rings. The van der Waals surface area contributed by atoms with Crippen LogP contribution in [0.25, 0.3) is 6.08 Å². The molecule has 180 valence electrons. The van der Waals surface area contributed by atoms with Crippen molar-refractivity contribution in [1.82, 2.24) is 10.2 Å². The number of hydrogen-bond donors (Lipinski definition) is 1. The van der Waals surface area contributed by atoms with E-state index in [1.54, 1.807) is 40.7 Å². The molecule has 1 N–H and O–H groups in total. The van der Waals surface area contributed by atoms with Crippen LogP contribution < -0.4 is 5.32 Å². The lowest BCUT2D eigenvalue weighted by atomic mass is 9.96. The van der Waals surface area contributed by atoms with Gasteiger partial charge in [0.2, 0.25) is 5.91 Å². The van der Waals surface area contributed by atoms with Crippen molar-refractivity contribution in [1.29, 1.82) is 0 Å². The van der Waals surface area contributed by atoms with Gasteiger partial charge in [-0.3, -0.25) is 4.79 Å². The molecular weight excluding hydrogens is 428 g/mol. The first-order chi connectivity index (χ1) is 15.5. The molecule has 1 saturated heterocycles. The van der Waals surface area contributed by atoms with Crippen LogP contribution in [0.1, 0.15) is 46.6 Å². The Morgan fingerprint density at radius 2 is 1.73 bits per heavy atom. The van der Waals surface area contributed by atoms with Crippen LogP contribution in [0.3, 0.4) is 0 Å². The molecule has 0 radical (unpaired) electrons. The Kier molecular flexibility index (Phi) is 8.62. The minimum absolute atomic E-state index is 0.0580. The fourth-order valence-electron chi connectivity index (χ4n) is 3.47. The Hall–Kier alpha value is -3.36. The van der Waals surface area contributed by atoms with Crippen molar-refractivity contribution in [3.8, 4) is 0 Å². The number of carbonyl (C=O) groups is 4. The third-order valence-corrected chi connectivity index (χ3v) is 4.82. The van der Waals surface area contributed by atoms with Crippen molar-refractivity contribution < 1.29 is 33.4 Å². The lowest BCUT2D eigenvalue weighted by molar-refractivity contribution is -0.151. The second-order valence-corrected chi connectivity index (χ2v) is 8.61. The molecule has 1 aromatic rings. The van der Waals surface area contributed by atoms with Crippen LogP contribution in [0.2, 0.25) is 0 Å². The van der Waals surface area contributed by atoms with Gasteiger partial charge in [0.15, 0.2) is 5.54 Å². The monoisotopic (exact) mass is 460 g/mol. The normalized spacial score (nSPS) is 20.4. The molecule has 0 bridgehead atoms. The number of esters is 2. The third-order valence-electron chi connectivity index (χ3n) is 4.82. The maximum atomic E-state index is 13.1. The Balaban J connectivity index is 2.37. The summed E-state index contributed by atoms with van der Waals surface area (Å²) in [5, 5.41) is 2.56. The van der Waals surface area contributed by atoms with E-state index in [0.717, 1.165) is 5.56 Å². The Bertz CT molecular complexity index is 892. The van der Waals surface area contributed by atoms with Crippen LogP contribution in [0.5, 0.6) is 0 Å². The van der Waals surface area contributed by atoms with Crippen LogP contribution in [0.15, 0.2) is 36.4 Å². The Morgan fingerprint density at radius 3 is 2.30 bits per heavy atom. The van der Waals surface area contributed by atoms with Crippen LogP contribution in [0.4, 0.5) is 4.79 Å². The number of carbonyl (C=O) groups excluding carboxylic acids is 4. The van der Waals surface area contributed by atoms with Gasteiger partial charge in [-0.25, -0.2) is 14.4 Å². The van der Waals surface area contributed by atoms with Crippen LogP contribution in [-0.4, -0.2) is 65.8 Å². The van der Waals surface area contributed by atoms with Crippen LogP contribution in [0, 0.1) is 0 Å². The maximum absolute atomic E-state index is 13.1. The predicted octanol–water partition coefficient (Wildman–Crippen LogP) is 2.69. The SMILES string of the molecule is CCOC(=O)C1CC(NC(=O)OC(C)(C)C)(C(=O)OCC)CN1C(=O)C=Cc1ccccc1. The molecule has 9 nitrogen and oxygen atoms in total. The minimum atomic E-state index is -1.66. The summed E-state index contributed by atoms with van der Waals surface area (Å²) >= 11 is 0. The number of nitrogens with zero attached hydrogens (tertiary/aromatic N) is 1. The number of likely N-dealkylation sites (tertiary alicyclic amines) is 1. The summed E-state index contributed by atoms with van der Waals surface area (Å²) in [5.74, 6) is -1.93. The van der Waals surface area contributed by atoms with Gasteiger partial charge in [0, 0.05) is 12.5 Å². The van der Waals surface area contributed by atoms with E-state index in [2.05, 4.69) is 5.32 Å². The van der Waals surface area contributed by atoms with Crippen molar-refractivity contribution in [2.45, 2.75) is 58.2 Å². The van der Waals surface area contributed by atoms with E-state index >= 15 is 0 Å². The number of ether oxygens (including phenoxy) is 3. The Morgan fingerprint density at radius 1 is 1.09 bits per heavy atom. The van der Waals surface area contributed by atoms with Crippen molar-refractivity contribution in [3.63, 3.8) is 0 Å². The molecule has 1 fully saturated rings. The van der Waals surface area contributed by atoms with Gasteiger partial charge in [-0.05, 0) is 46.3 Å². The van der Waals surface area contributed by atoms with Gasteiger partial charge < -0.3 is 24.4 Å². The van der Waals surface area contributed by atoms with E-state index in [1.165, 1.54) is 11.0 Å². The summed E-state index contributed by atoms with van der Waals surface area (Å²) < 4.78 is 15.6. The average molecular weight is 461 g/mol. The Labute approximate surface area is 194 Å². The standard InChI is InChI=1S/C24H32N2O7/c1-6-31-20(28)18-15-24(21(29)32-7-2,25-22(30)33-23(3,4)5)16-26(18)19(27)14-13-17-11-9-8-10-12-17/h8-14,18H,6-7,15-16H2,1-5H3,(H,25,30). The molecule has 0 aliphatic carbocycles. The average Bonchev–Trinajstić information content (AvgIpc) is 3.12. The number of alkyl carbamates (subject to hydrolysis) is 1. The highest BCUT2D eigenvalue weighted by atomic mass is 16.6. The van der Waals surface area contributed by atoms with E-state index in [4.69, 9.17) is 14.2 Å². The van der Waals surface area contributed by atoms with Gasteiger partial charge in [0.1, 0.15) is 11.6 Å². The summed E-state index contributed by atoms with van der Waals surface area (Å²) in [6.45, 7) is 8.21. The highest BCUT2D eigenvalue weighted by Gasteiger charge is 2.55. The smallest absolute Gasteiger partial charge is 0.408 e. The second-order valence-electron chi connectivity index (χ2n) is 8.61. The summed E-state index contributed by atoms with van der Waals surface area (Å²) in [7, 11) is 0. The van der Waals surface area contributed by atoms with Crippen LogP contribution >= 0.6 is 0 Å². The number of hydrogen-bond acceptors (Lipinski definition) is 7. The van der Waals surface area contributed by atoms with Gasteiger partial charge in [0.05, 0.1) is 19.8 Å². The quantitative estimate of drug-likeness (QED) is 0.378. The largest absolute Gasteiger partial charge is 0.464 e. The molecule has 2 amide bonds. The zero-order valence-corrected chi connectivity index (χ0v) is 19.8. The first-order valence-electron chi connectivity index (χ1n) is 10.9. The van der Waals surface area contributed by atoms with Crippen molar-refractivity contribution in [2.24, 2.45) is 0 Å². The van der Waals surface area contributed by atoms with E-state index < -0.39 is 41.1 Å². The highest BCUT2D eigenvalue weighted by Crippen LogP contribution is 2.31. The van der Waals surface area contributed by atoms with Crippen molar-refractivity contribution in [2.75, 3.05) is 19.8 Å². The zero-order chi connectivity index (χ0) is 24.6. The number of amides is 2. The van der Waals surface area contributed by atoms with E-state index in [-0.39, 0.29) is 26.2 Å². The molecule has 0 spiro atoms. The molecule has 1 heterocycles. The lowest BCUT2D eigenvalue weighted by Gasteiger charge is -2.29. The molecule has 9 heteroatoms. The second kappa shape index (κ2) is 11.0. The third kappa shape index (κ3) is 7.06. The highest BCUT2D eigenvalue weighted by molar-refractivity contribution is 5.98. The summed E-state index contributed by atoms with van der Waals surface area (Å²) in [5.41, 5.74) is -1.68. The molecule has 2 atom stereocenters. The van der Waals surface area contributed by atoms with Gasteiger partial charge in [-0.15, -0.1) is 0 Å². The summed E-state index contributed by atoms with van der Waals surface area (Å²) in [6.07, 6.45) is 1.87. The summed E-state index contributed by atoms with van der Waals surface area (Å²) in [6, 6.07) is 8.08. The molecule has 2 rings (SSSR count). The zero-order valence-electron chi connectivity index (χ0n) is 19.8. The number of nitrogens with one attached hydrogen (secondary N) is 1. The van der Waals surface area contributed by atoms with E-state index in [0.29, 0.717) is 0 Å². The first kappa shape index (κ1) is 25.9. The van der Waals surface area contributed by atoms with Gasteiger partial charge in [-0.2, -0.15) is 0 Å². The minimum Gasteiger partial charge on any atom is -0.464 e. The van der Waals surface area contributed by atoms with Gasteiger partial charge in [0.25, 0.3) is 0 Å². The molecule has 1 aliphatic heterocycles. The van der Waals surface area contributed by atoms with E-state index in [9.17, 15) is 19.2 Å². The topological polar surface area (TPSA) is 111 Å². The van der Waals surface area contributed by atoms with Crippen molar-refractivity contribution in [3.05, 3.63) is 42.0 Å². The first-order valence-corrected chi connectivity index (χ1v) is 10.9. The molecular formula is C24H32N2O7. The lowest BCUT2D eigenvalue weighted by Crippen LogP contribution is -2.58. The molecule has 33 heavy (non-hydrogen) atoms. The van der Waals surface area contributed by atoms with E-state index in [1.807, 2.05) is 30.3 Å². The van der Waals surface area contributed by atoms with Gasteiger partial charge >= 0.3 is 18.0 Å². The van der Waals surface area contributed by atoms with Gasteiger partial charge in [-0.1, -0.05) is 30.3 Å². The fraction of sp³-hybridized carbons (Fsp3) is 0.500. The molecule has 0 aromatic heterocycles.